The molecule has 2 heterocycles. The number of nitrogens with one attached hydrogen (secondary N) is 1. The molecule has 0 radical (unpaired) electrons. The van der Waals surface area contributed by atoms with Crippen molar-refractivity contribution < 1.29 is 4.74 Å². The van der Waals surface area contributed by atoms with Crippen molar-refractivity contribution >= 4 is 0 Å². The smallest absolute Gasteiger partial charge is 0.129 e. The van der Waals surface area contributed by atoms with Gasteiger partial charge in [-0.2, -0.15) is 0 Å². The summed E-state index contributed by atoms with van der Waals surface area (Å²) in [6.45, 7) is 7.18. The highest BCUT2D eigenvalue weighted by Gasteiger charge is 2.19. The van der Waals surface area contributed by atoms with Crippen LogP contribution in [0.4, 0.5) is 0 Å². The Hall–Kier alpha value is -1.77. The minimum absolute atomic E-state index is 0.567. The third kappa shape index (κ3) is 2.14. The Morgan fingerprint density at radius 2 is 2.26 bits per heavy atom. The predicted molar refractivity (Wildman–Crippen MR) is 76.7 cm³/mol. The average molecular weight is 256 g/mol. The lowest BCUT2D eigenvalue weighted by molar-refractivity contribution is 0.325. The number of aryl methyl sites for hydroxylation is 1. The van der Waals surface area contributed by atoms with Crippen LogP contribution in [0.5, 0.6) is 5.75 Å². The molecule has 100 valence electrons. The zero-order valence-electron chi connectivity index (χ0n) is 11.8. The average Bonchev–Trinajstić information content (AvgIpc) is 2.70. The van der Waals surface area contributed by atoms with Gasteiger partial charge in [-0.3, -0.25) is 0 Å². The van der Waals surface area contributed by atoms with Crippen molar-refractivity contribution in [1.82, 2.24) is 9.97 Å². The van der Waals surface area contributed by atoms with Crippen LogP contribution in [-0.2, 0) is 6.42 Å². The van der Waals surface area contributed by atoms with Crippen molar-refractivity contribution in [3.8, 4) is 17.0 Å². The van der Waals surface area contributed by atoms with Crippen LogP contribution in [-0.4, -0.2) is 16.6 Å². The van der Waals surface area contributed by atoms with Gasteiger partial charge in [0.1, 0.15) is 11.6 Å². The fourth-order valence-corrected chi connectivity index (χ4v) is 2.60. The van der Waals surface area contributed by atoms with Gasteiger partial charge in [0.2, 0.25) is 0 Å². The number of ether oxygens (including phenoxy) is 1. The molecule has 0 spiro atoms. The lowest BCUT2D eigenvalue weighted by Gasteiger charge is -2.13. The molecule has 0 fully saturated rings. The Labute approximate surface area is 114 Å². The second-order valence-electron chi connectivity index (χ2n) is 5.31. The second-order valence-corrected chi connectivity index (χ2v) is 5.31. The van der Waals surface area contributed by atoms with Crippen LogP contribution in [0.25, 0.3) is 11.3 Å². The molecular weight excluding hydrogens is 236 g/mol. The molecule has 1 aliphatic heterocycles. The largest absolute Gasteiger partial charge is 0.492 e. The standard InChI is InChI=1S/C16H20N2O/c1-4-10(2)12-5-6-13-15(9-12)19-8-7-14-16(13)18-11(3)17-14/h5-6,9-10H,4,7-8H2,1-3H3,(H,17,18). The van der Waals surface area contributed by atoms with E-state index in [4.69, 9.17) is 4.74 Å². The van der Waals surface area contributed by atoms with E-state index in [0.29, 0.717) is 12.5 Å². The van der Waals surface area contributed by atoms with Crippen molar-refractivity contribution in [2.45, 2.75) is 39.5 Å². The molecule has 3 heteroatoms. The lowest BCUT2D eigenvalue weighted by atomic mass is 9.96. The monoisotopic (exact) mass is 256 g/mol. The third-order valence-corrected chi connectivity index (χ3v) is 3.95. The van der Waals surface area contributed by atoms with E-state index in [1.165, 1.54) is 11.3 Å². The first kappa shape index (κ1) is 12.3. The fourth-order valence-electron chi connectivity index (χ4n) is 2.60. The van der Waals surface area contributed by atoms with Crippen LogP contribution in [0, 0.1) is 6.92 Å². The number of aromatic nitrogens is 2. The maximum absolute atomic E-state index is 5.90. The van der Waals surface area contributed by atoms with Crippen LogP contribution in [0.3, 0.4) is 0 Å². The molecule has 1 aromatic carbocycles. The Bertz CT molecular complexity index is 601. The summed E-state index contributed by atoms with van der Waals surface area (Å²) in [7, 11) is 0. The number of aromatic amines is 1. The number of fused-ring (bicyclic) bond motifs is 3. The Morgan fingerprint density at radius 3 is 3.05 bits per heavy atom. The van der Waals surface area contributed by atoms with E-state index in [1.807, 2.05) is 6.92 Å². The van der Waals surface area contributed by atoms with Crippen molar-refractivity contribution in [2.24, 2.45) is 0 Å². The minimum atomic E-state index is 0.567. The molecule has 0 aliphatic carbocycles. The number of rotatable bonds is 2. The quantitative estimate of drug-likeness (QED) is 0.886. The molecule has 19 heavy (non-hydrogen) atoms. The van der Waals surface area contributed by atoms with E-state index in [2.05, 4.69) is 42.0 Å². The molecule has 1 N–H and O–H groups in total. The molecule has 0 saturated heterocycles. The Morgan fingerprint density at radius 1 is 1.42 bits per heavy atom. The van der Waals surface area contributed by atoms with Crippen LogP contribution in [0.2, 0.25) is 0 Å². The topological polar surface area (TPSA) is 37.9 Å². The molecule has 1 atom stereocenters. The van der Waals surface area contributed by atoms with Crippen molar-refractivity contribution in [3.63, 3.8) is 0 Å². The highest BCUT2D eigenvalue weighted by Crippen LogP contribution is 2.36. The van der Waals surface area contributed by atoms with E-state index >= 15 is 0 Å². The van der Waals surface area contributed by atoms with Crippen molar-refractivity contribution in [1.29, 1.82) is 0 Å². The second kappa shape index (κ2) is 4.72. The van der Waals surface area contributed by atoms with Gasteiger partial charge in [0.15, 0.2) is 0 Å². The summed E-state index contributed by atoms with van der Waals surface area (Å²) in [6, 6.07) is 6.54. The molecular formula is C16H20N2O. The molecule has 1 aromatic heterocycles. The summed E-state index contributed by atoms with van der Waals surface area (Å²) in [5.74, 6) is 2.52. The maximum atomic E-state index is 5.90. The van der Waals surface area contributed by atoms with E-state index in [0.717, 1.165) is 35.7 Å². The normalized spacial score (nSPS) is 15.1. The van der Waals surface area contributed by atoms with Gasteiger partial charge in [-0.05, 0) is 37.0 Å². The van der Waals surface area contributed by atoms with Crippen LogP contribution in [0.1, 0.15) is 43.3 Å². The highest BCUT2D eigenvalue weighted by molar-refractivity contribution is 5.71. The summed E-state index contributed by atoms with van der Waals surface area (Å²) in [6.07, 6.45) is 2.04. The van der Waals surface area contributed by atoms with E-state index < -0.39 is 0 Å². The van der Waals surface area contributed by atoms with E-state index in [-0.39, 0.29) is 0 Å². The fraction of sp³-hybridized carbons (Fsp3) is 0.438. The van der Waals surface area contributed by atoms with Gasteiger partial charge in [-0.15, -0.1) is 0 Å². The van der Waals surface area contributed by atoms with Crippen molar-refractivity contribution in [2.75, 3.05) is 6.61 Å². The summed E-state index contributed by atoms with van der Waals surface area (Å²) in [5, 5.41) is 0. The molecule has 0 saturated carbocycles. The summed E-state index contributed by atoms with van der Waals surface area (Å²) >= 11 is 0. The first-order chi connectivity index (χ1) is 9.19. The molecule has 0 bridgehead atoms. The molecule has 1 aliphatic rings. The summed E-state index contributed by atoms with van der Waals surface area (Å²) in [5.41, 5.74) is 4.70. The van der Waals surface area contributed by atoms with Crippen molar-refractivity contribution in [3.05, 3.63) is 35.3 Å². The van der Waals surface area contributed by atoms with Gasteiger partial charge < -0.3 is 9.72 Å². The molecule has 0 amide bonds. The van der Waals surface area contributed by atoms with E-state index in [9.17, 15) is 0 Å². The first-order valence-corrected chi connectivity index (χ1v) is 7.01. The van der Waals surface area contributed by atoms with Gasteiger partial charge >= 0.3 is 0 Å². The van der Waals surface area contributed by atoms with Crippen LogP contribution < -0.4 is 4.74 Å². The van der Waals surface area contributed by atoms with Gasteiger partial charge in [0.05, 0.1) is 12.3 Å². The minimum Gasteiger partial charge on any atom is -0.492 e. The SMILES string of the molecule is CCC(C)c1ccc2c(c1)OCCc1[nH]c(C)nc1-2. The van der Waals surface area contributed by atoms with Crippen LogP contribution in [0.15, 0.2) is 18.2 Å². The maximum Gasteiger partial charge on any atom is 0.129 e. The van der Waals surface area contributed by atoms with E-state index in [1.54, 1.807) is 0 Å². The Balaban J connectivity index is 2.10. The Kier molecular flexibility index (Phi) is 3.05. The molecule has 3 nitrogen and oxygen atoms in total. The van der Waals surface area contributed by atoms with Gasteiger partial charge in [-0.25, -0.2) is 4.98 Å². The highest BCUT2D eigenvalue weighted by atomic mass is 16.5. The lowest BCUT2D eigenvalue weighted by Crippen LogP contribution is -2.00. The summed E-state index contributed by atoms with van der Waals surface area (Å²) in [4.78, 5) is 7.95. The first-order valence-electron chi connectivity index (χ1n) is 7.01. The molecule has 1 unspecified atom stereocenters. The molecule has 2 aromatic rings. The number of benzene rings is 1. The number of imidazole rings is 1. The number of nitrogens with zero attached hydrogens (tertiary/aromatic N) is 1. The number of hydrogen-bond donors (Lipinski definition) is 1. The zero-order chi connectivity index (χ0) is 13.4. The van der Waals surface area contributed by atoms with Crippen LogP contribution >= 0.6 is 0 Å². The molecule has 3 rings (SSSR count). The number of H-pyrrole nitrogens is 1. The third-order valence-electron chi connectivity index (χ3n) is 3.95. The van der Waals surface area contributed by atoms with Gasteiger partial charge in [0, 0.05) is 17.7 Å². The summed E-state index contributed by atoms with van der Waals surface area (Å²) < 4.78 is 5.90. The predicted octanol–water partition coefficient (Wildman–Crippen LogP) is 3.83. The zero-order valence-corrected chi connectivity index (χ0v) is 11.8. The number of hydrogen-bond acceptors (Lipinski definition) is 2. The van der Waals surface area contributed by atoms with Gasteiger partial charge in [0.25, 0.3) is 0 Å². The van der Waals surface area contributed by atoms with Gasteiger partial charge in [-0.1, -0.05) is 19.9 Å².